The van der Waals surface area contributed by atoms with E-state index in [4.69, 9.17) is 10.8 Å². The van der Waals surface area contributed by atoms with E-state index in [1.807, 2.05) is 24.3 Å². The molecule has 4 nitrogen and oxygen atoms in total. The minimum absolute atomic E-state index is 0.0202. The minimum atomic E-state index is -0.290. The lowest BCUT2D eigenvalue weighted by Gasteiger charge is -2.07. The molecule has 3 aromatic rings. The van der Waals surface area contributed by atoms with Gasteiger partial charge in [0.1, 0.15) is 5.82 Å². The predicted molar refractivity (Wildman–Crippen MR) is 83.5 cm³/mol. The lowest BCUT2D eigenvalue weighted by Crippen LogP contribution is -1.99. The third-order valence-electron chi connectivity index (χ3n) is 3.47. The highest BCUT2D eigenvalue weighted by Gasteiger charge is 2.06. The highest BCUT2D eigenvalue weighted by molar-refractivity contribution is 5.68. The second-order valence-corrected chi connectivity index (χ2v) is 5.14. The van der Waals surface area contributed by atoms with Crippen LogP contribution < -0.4 is 5.73 Å². The van der Waals surface area contributed by atoms with Gasteiger partial charge in [0, 0.05) is 23.0 Å². The largest absolute Gasteiger partial charge is 0.399 e. The van der Waals surface area contributed by atoms with Gasteiger partial charge < -0.3 is 10.8 Å². The molecule has 0 aliphatic rings. The number of hydrogen-bond acceptors (Lipinski definition) is 3. The van der Waals surface area contributed by atoms with Crippen molar-refractivity contribution in [3.8, 4) is 11.1 Å². The summed E-state index contributed by atoms with van der Waals surface area (Å²) in [5.41, 5.74) is 9.34. The van der Waals surface area contributed by atoms with Crippen molar-refractivity contribution in [2.24, 2.45) is 0 Å². The lowest BCUT2D eigenvalue weighted by molar-refractivity contribution is 0.281. The molecule has 0 radical (unpaired) electrons. The van der Waals surface area contributed by atoms with E-state index in [0.717, 1.165) is 16.7 Å². The molecule has 0 amide bonds. The van der Waals surface area contributed by atoms with Gasteiger partial charge in [0.15, 0.2) is 0 Å². The van der Waals surface area contributed by atoms with E-state index < -0.39 is 0 Å². The van der Waals surface area contributed by atoms with E-state index >= 15 is 0 Å². The maximum atomic E-state index is 13.9. The van der Waals surface area contributed by atoms with Crippen molar-refractivity contribution >= 4 is 5.69 Å². The van der Waals surface area contributed by atoms with Gasteiger partial charge in [-0.05, 0) is 29.3 Å². The van der Waals surface area contributed by atoms with Crippen LogP contribution in [-0.2, 0) is 13.2 Å². The van der Waals surface area contributed by atoms with Crippen LogP contribution in [0.2, 0.25) is 0 Å². The summed E-state index contributed by atoms with van der Waals surface area (Å²) in [7, 11) is 0. The fourth-order valence-corrected chi connectivity index (χ4v) is 2.32. The van der Waals surface area contributed by atoms with Crippen LogP contribution in [0.5, 0.6) is 0 Å². The van der Waals surface area contributed by atoms with Gasteiger partial charge in [-0.15, -0.1) is 0 Å². The van der Waals surface area contributed by atoms with Crippen LogP contribution in [0.15, 0.2) is 54.9 Å². The standard InChI is InChI=1S/C17H16FN3O/c18-17-6-5-15(19)7-16(17)14-3-1-12(2-4-14)9-21-10-13(11-22)8-20-21/h1-8,10,22H,9,11,19H2. The molecule has 0 aliphatic heterocycles. The highest BCUT2D eigenvalue weighted by atomic mass is 19.1. The highest BCUT2D eigenvalue weighted by Crippen LogP contribution is 2.25. The molecule has 0 bridgehead atoms. The zero-order valence-electron chi connectivity index (χ0n) is 11.9. The molecule has 0 atom stereocenters. The summed E-state index contributed by atoms with van der Waals surface area (Å²) in [4.78, 5) is 0. The van der Waals surface area contributed by atoms with Crippen LogP contribution in [0, 0.1) is 5.82 Å². The number of rotatable bonds is 4. The summed E-state index contributed by atoms with van der Waals surface area (Å²) in [6.45, 7) is 0.577. The first-order chi connectivity index (χ1) is 10.7. The Kier molecular flexibility index (Phi) is 3.89. The molecule has 0 spiro atoms. The zero-order chi connectivity index (χ0) is 15.5. The molecule has 0 fully saturated rings. The molecule has 0 saturated heterocycles. The van der Waals surface area contributed by atoms with E-state index in [9.17, 15) is 4.39 Å². The van der Waals surface area contributed by atoms with Crippen LogP contribution in [0.1, 0.15) is 11.1 Å². The summed E-state index contributed by atoms with van der Waals surface area (Å²) in [6.07, 6.45) is 3.43. The normalized spacial score (nSPS) is 10.8. The van der Waals surface area contributed by atoms with Crippen molar-refractivity contribution < 1.29 is 9.50 Å². The third-order valence-corrected chi connectivity index (χ3v) is 3.47. The molecule has 2 aromatic carbocycles. The summed E-state index contributed by atoms with van der Waals surface area (Å²) in [5, 5.41) is 13.2. The number of aromatic nitrogens is 2. The van der Waals surface area contributed by atoms with E-state index in [2.05, 4.69) is 5.10 Å². The number of nitrogen functional groups attached to an aromatic ring is 1. The van der Waals surface area contributed by atoms with Crippen molar-refractivity contribution in [1.82, 2.24) is 9.78 Å². The van der Waals surface area contributed by atoms with Crippen molar-refractivity contribution in [2.75, 3.05) is 5.73 Å². The summed E-state index contributed by atoms with van der Waals surface area (Å²) in [5.74, 6) is -0.290. The molecule has 5 heteroatoms. The molecule has 0 saturated carbocycles. The summed E-state index contributed by atoms with van der Waals surface area (Å²) >= 11 is 0. The number of nitrogens with zero attached hydrogens (tertiary/aromatic N) is 2. The van der Waals surface area contributed by atoms with Gasteiger partial charge in [0.05, 0.1) is 19.3 Å². The Morgan fingerprint density at radius 2 is 1.86 bits per heavy atom. The predicted octanol–water partition coefficient (Wildman–Crippen LogP) is 2.81. The van der Waals surface area contributed by atoms with Crippen molar-refractivity contribution in [3.63, 3.8) is 0 Å². The van der Waals surface area contributed by atoms with E-state index in [1.165, 1.54) is 6.07 Å². The Balaban J connectivity index is 1.81. The first-order valence-corrected chi connectivity index (χ1v) is 6.92. The Morgan fingerprint density at radius 3 is 2.55 bits per heavy atom. The molecule has 0 unspecified atom stereocenters. The van der Waals surface area contributed by atoms with Crippen molar-refractivity contribution in [1.29, 1.82) is 0 Å². The number of aliphatic hydroxyl groups is 1. The van der Waals surface area contributed by atoms with Crippen LogP contribution in [0.4, 0.5) is 10.1 Å². The van der Waals surface area contributed by atoms with E-state index in [-0.39, 0.29) is 12.4 Å². The second-order valence-electron chi connectivity index (χ2n) is 5.14. The summed E-state index contributed by atoms with van der Waals surface area (Å²) < 4.78 is 15.6. The average Bonchev–Trinajstić information content (AvgIpc) is 2.98. The molecular formula is C17H16FN3O. The number of nitrogens with two attached hydrogens (primary N) is 1. The fourth-order valence-electron chi connectivity index (χ4n) is 2.32. The molecule has 22 heavy (non-hydrogen) atoms. The van der Waals surface area contributed by atoms with Gasteiger partial charge in [-0.3, -0.25) is 4.68 Å². The number of aliphatic hydroxyl groups excluding tert-OH is 1. The van der Waals surface area contributed by atoms with Gasteiger partial charge in [-0.25, -0.2) is 4.39 Å². The monoisotopic (exact) mass is 297 g/mol. The molecule has 3 N–H and O–H groups in total. The lowest BCUT2D eigenvalue weighted by atomic mass is 10.0. The van der Waals surface area contributed by atoms with Gasteiger partial charge in [-0.1, -0.05) is 24.3 Å². The fraction of sp³-hybridized carbons (Fsp3) is 0.118. The van der Waals surface area contributed by atoms with Gasteiger partial charge in [0.2, 0.25) is 0 Å². The maximum absolute atomic E-state index is 13.9. The summed E-state index contributed by atoms with van der Waals surface area (Å²) in [6, 6.07) is 12.1. The molecule has 1 heterocycles. The number of anilines is 1. The van der Waals surface area contributed by atoms with Crippen LogP contribution in [0.25, 0.3) is 11.1 Å². The molecule has 1 aromatic heterocycles. The Morgan fingerprint density at radius 1 is 1.09 bits per heavy atom. The minimum Gasteiger partial charge on any atom is -0.399 e. The van der Waals surface area contributed by atoms with Crippen molar-refractivity contribution in [2.45, 2.75) is 13.2 Å². The molecule has 0 aliphatic carbocycles. The van der Waals surface area contributed by atoms with Crippen LogP contribution in [0.3, 0.4) is 0 Å². The Hall–Kier alpha value is -2.66. The number of hydrogen-bond donors (Lipinski definition) is 2. The first kappa shape index (κ1) is 14.3. The van der Waals surface area contributed by atoms with Crippen LogP contribution in [-0.4, -0.2) is 14.9 Å². The van der Waals surface area contributed by atoms with Gasteiger partial charge in [0.25, 0.3) is 0 Å². The number of halogens is 1. The first-order valence-electron chi connectivity index (χ1n) is 6.92. The number of benzene rings is 2. The maximum Gasteiger partial charge on any atom is 0.131 e. The average molecular weight is 297 g/mol. The molecular weight excluding hydrogens is 281 g/mol. The molecule has 112 valence electrons. The van der Waals surface area contributed by atoms with E-state index in [1.54, 1.807) is 29.2 Å². The Bertz CT molecular complexity index is 781. The Labute approximate surface area is 127 Å². The molecule has 3 rings (SSSR count). The second kappa shape index (κ2) is 5.99. The zero-order valence-corrected chi connectivity index (χ0v) is 11.9. The van der Waals surface area contributed by atoms with E-state index in [0.29, 0.717) is 17.8 Å². The topological polar surface area (TPSA) is 64.1 Å². The van der Waals surface area contributed by atoms with Gasteiger partial charge >= 0.3 is 0 Å². The quantitative estimate of drug-likeness (QED) is 0.728. The SMILES string of the molecule is Nc1ccc(F)c(-c2ccc(Cn3cc(CO)cn3)cc2)c1. The van der Waals surface area contributed by atoms with Gasteiger partial charge in [-0.2, -0.15) is 5.10 Å². The smallest absolute Gasteiger partial charge is 0.131 e. The third kappa shape index (κ3) is 2.99. The van der Waals surface area contributed by atoms with Crippen molar-refractivity contribution in [3.05, 3.63) is 71.8 Å². The van der Waals surface area contributed by atoms with Crippen LogP contribution >= 0.6 is 0 Å².